The Balaban J connectivity index is 2.71. The van der Waals surface area contributed by atoms with Crippen LogP contribution in [0.3, 0.4) is 0 Å². The lowest BCUT2D eigenvalue weighted by molar-refractivity contribution is 0.630. The molecule has 1 N–H and O–H groups in total. The van der Waals surface area contributed by atoms with Gasteiger partial charge in [-0.2, -0.15) is 0 Å². The van der Waals surface area contributed by atoms with E-state index in [4.69, 9.17) is 23.2 Å². The van der Waals surface area contributed by atoms with E-state index in [0.717, 1.165) is 4.47 Å². The number of nitrogens with one attached hydrogen (secondary N) is 1. The van der Waals surface area contributed by atoms with Crippen molar-refractivity contribution in [1.82, 2.24) is 0 Å². The Morgan fingerprint density at radius 1 is 1.57 bits per heavy atom. The van der Waals surface area contributed by atoms with Crippen molar-refractivity contribution in [1.29, 1.82) is 0 Å². The van der Waals surface area contributed by atoms with E-state index in [1.807, 2.05) is 0 Å². The molecule has 0 aliphatic rings. The highest BCUT2D eigenvalue weighted by Crippen LogP contribution is 2.20. The Morgan fingerprint density at radius 2 is 2.29 bits per heavy atom. The van der Waals surface area contributed by atoms with Crippen LogP contribution in [0.25, 0.3) is 0 Å². The van der Waals surface area contributed by atoms with Gasteiger partial charge in [0, 0.05) is 15.0 Å². The molecular formula is C9H7BrCl2FN. The van der Waals surface area contributed by atoms with Gasteiger partial charge >= 0.3 is 0 Å². The fraction of sp³-hybridized carbons (Fsp3) is 0.111. The van der Waals surface area contributed by atoms with Crippen LogP contribution in [-0.2, 0) is 0 Å². The van der Waals surface area contributed by atoms with Crippen LogP contribution in [0.4, 0.5) is 10.1 Å². The number of halogens is 4. The molecule has 0 radical (unpaired) electrons. The van der Waals surface area contributed by atoms with E-state index in [9.17, 15) is 4.39 Å². The average molecular weight is 299 g/mol. The molecule has 0 saturated carbocycles. The van der Waals surface area contributed by atoms with Crippen LogP contribution in [0.2, 0.25) is 0 Å². The van der Waals surface area contributed by atoms with E-state index in [2.05, 4.69) is 21.2 Å². The number of anilines is 1. The third-order valence-corrected chi connectivity index (χ3v) is 2.61. The first-order valence-electron chi connectivity index (χ1n) is 3.77. The summed E-state index contributed by atoms with van der Waals surface area (Å²) in [4.78, 5) is 0. The Hall–Kier alpha value is -0.250. The molecule has 0 fully saturated rings. The second-order valence-electron chi connectivity index (χ2n) is 2.53. The lowest BCUT2D eigenvalue weighted by Gasteiger charge is -2.06. The highest BCUT2D eigenvalue weighted by Gasteiger charge is 2.02. The normalized spacial score (nSPS) is 11.6. The Labute approximate surface area is 100 Å². The van der Waals surface area contributed by atoms with E-state index in [0.29, 0.717) is 17.3 Å². The lowest BCUT2D eigenvalue weighted by Crippen LogP contribution is -2.03. The van der Waals surface area contributed by atoms with E-state index in [-0.39, 0.29) is 5.82 Å². The van der Waals surface area contributed by atoms with E-state index in [1.54, 1.807) is 12.1 Å². The molecule has 0 aliphatic carbocycles. The first kappa shape index (κ1) is 11.8. The van der Waals surface area contributed by atoms with Gasteiger partial charge in [-0.3, -0.25) is 0 Å². The summed E-state index contributed by atoms with van der Waals surface area (Å²) >= 11 is 14.2. The van der Waals surface area contributed by atoms with Crippen molar-refractivity contribution in [2.24, 2.45) is 0 Å². The van der Waals surface area contributed by atoms with Gasteiger partial charge in [0.25, 0.3) is 0 Å². The van der Waals surface area contributed by atoms with Gasteiger partial charge in [-0.25, -0.2) is 4.39 Å². The van der Waals surface area contributed by atoms with Crippen molar-refractivity contribution < 1.29 is 4.39 Å². The molecule has 0 bridgehead atoms. The highest BCUT2D eigenvalue weighted by molar-refractivity contribution is 9.10. The van der Waals surface area contributed by atoms with Crippen LogP contribution in [0.1, 0.15) is 0 Å². The minimum absolute atomic E-state index is 0.304. The van der Waals surface area contributed by atoms with Crippen molar-refractivity contribution in [3.63, 3.8) is 0 Å². The second kappa shape index (κ2) is 5.59. The van der Waals surface area contributed by atoms with Crippen molar-refractivity contribution in [2.75, 3.05) is 11.9 Å². The van der Waals surface area contributed by atoms with Gasteiger partial charge in [-0.05, 0) is 18.2 Å². The van der Waals surface area contributed by atoms with Gasteiger partial charge in [0.05, 0.1) is 12.2 Å². The van der Waals surface area contributed by atoms with Gasteiger partial charge < -0.3 is 5.32 Å². The maximum absolute atomic E-state index is 13.1. The monoisotopic (exact) mass is 297 g/mol. The molecule has 1 aromatic carbocycles. The number of rotatable bonds is 3. The Bertz CT molecular complexity index is 355. The second-order valence-corrected chi connectivity index (χ2v) is 4.15. The molecule has 14 heavy (non-hydrogen) atoms. The molecule has 0 amide bonds. The maximum Gasteiger partial charge on any atom is 0.146 e. The van der Waals surface area contributed by atoms with Gasteiger partial charge in [0.15, 0.2) is 0 Å². The van der Waals surface area contributed by atoms with Gasteiger partial charge in [-0.15, -0.1) is 0 Å². The van der Waals surface area contributed by atoms with E-state index in [1.165, 1.54) is 11.6 Å². The van der Waals surface area contributed by atoms with Gasteiger partial charge in [-0.1, -0.05) is 39.1 Å². The van der Waals surface area contributed by atoms with Gasteiger partial charge in [0.1, 0.15) is 5.82 Å². The molecule has 76 valence electrons. The summed E-state index contributed by atoms with van der Waals surface area (Å²) in [6, 6.07) is 4.62. The first-order valence-corrected chi connectivity index (χ1v) is 5.38. The molecule has 1 nitrogen and oxygen atoms in total. The molecular weight excluding hydrogens is 292 g/mol. The van der Waals surface area contributed by atoms with Crippen molar-refractivity contribution in [3.05, 3.63) is 39.1 Å². The van der Waals surface area contributed by atoms with Crippen molar-refractivity contribution >= 4 is 44.8 Å². The van der Waals surface area contributed by atoms with Crippen LogP contribution < -0.4 is 5.32 Å². The minimum Gasteiger partial charge on any atom is -0.378 e. The van der Waals surface area contributed by atoms with Gasteiger partial charge in [0.2, 0.25) is 0 Å². The summed E-state index contributed by atoms with van der Waals surface area (Å²) in [5.74, 6) is -0.327. The van der Waals surface area contributed by atoms with E-state index >= 15 is 0 Å². The van der Waals surface area contributed by atoms with Crippen molar-refractivity contribution in [2.45, 2.75) is 0 Å². The molecule has 1 rings (SSSR count). The zero-order valence-corrected chi connectivity index (χ0v) is 10.1. The number of benzene rings is 1. The predicted octanol–water partition coefficient (Wildman–Crippen LogP) is 4.32. The SMILES string of the molecule is Fc1ccc(Br)cc1NCC(Cl)=CCl. The molecule has 0 atom stereocenters. The fourth-order valence-electron chi connectivity index (χ4n) is 0.851. The van der Waals surface area contributed by atoms with Crippen LogP contribution in [0.15, 0.2) is 33.2 Å². The van der Waals surface area contributed by atoms with Crippen LogP contribution >= 0.6 is 39.1 Å². The Morgan fingerprint density at radius 3 is 2.93 bits per heavy atom. The number of hydrogen-bond donors (Lipinski definition) is 1. The molecule has 0 aliphatic heterocycles. The van der Waals surface area contributed by atoms with E-state index < -0.39 is 0 Å². The summed E-state index contributed by atoms with van der Waals surface area (Å²) in [6.45, 7) is 0.304. The van der Waals surface area contributed by atoms with Crippen LogP contribution in [0, 0.1) is 5.82 Å². The first-order chi connectivity index (χ1) is 6.63. The molecule has 0 unspecified atom stereocenters. The summed E-state index contributed by atoms with van der Waals surface area (Å²) in [5, 5.41) is 3.24. The molecule has 0 saturated heterocycles. The average Bonchev–Trinajstić information content (AvgIpc) is 2.19. The molecule has 0 heterocycles. The molecule has 5 heteroatoms. The lowest BCUT2D eigenvalue weighted by atomic mass is 10.3. The summed E-state index contributed by atoms with van der Waals surface area (Å²) in [5.41, 5.74) is 1.63. The topological polar surface area (TPSA) is 12.0 Å². The predicted molar refractivity (Wildman–Crippen MR) is 62.4 cm³/mol. The fourth-order valence-corrected chi connectivity index (χ4v) is 1.36. The zero-order chi connectivity index (χ0) is 10.6. The minimum atomic E-state index is -0.327. The van der Waals surface area contributed by atoms with Crippen LogP contribution in [0.5, 0.6) is 0 Å². The molecule has 0 spiro atoms. The zero-order valence-electron chi connectivity index (χ0n) is 7.03. The van der Waals surface area contributed by atoms with Crippen LogP contribution in [-0.4, -0.2) is 6.54 Å². The Kier molecular flexibility index (Phi) is 4.72. The summed E-state index contributed by atoms with van der Waals surface area (Å²) < 4.78 is 13.9. The summed E-state index contributed by atoms with van der Waals surface area (Å²) in [7, 11) is 0. The molecule has 0 aromatic heterocycles. The van der Waals surface area contributed by atoms with Crippen molar-refractivity contribution in [3.8, 4) is 0 Å². The number of hydrogen-bond acceptors (Lipinski definition) is 1. The standard InChI is InChI=1S/C9H7BrCl2FN/c10-6-1-2-8(13)9(3-6)14-5-7(12)4-11/h1-4,14H,5H2. The maximum atomic E-state index is 13.1. The third kappa shape index (κ3) is 3.48. The highest BCUT2D eigenvalue weighted by atomic mass is 79.9. The largest absolute Gasteiger partial charge is 0.378 e. The smallest absolute Gasteiger partial charge is 0.146 e. The quantitative estimate of drug-likeness (QED) is 0.876. The third-order valence-electron chi connectivity index (χ3n) is 1.49. The summed E-state index contributed by atoms with van der Waals surface area (Å²) in [6.07, 6.45) is 0. The molecule has 1 aromatic rings.